The van der Waals surface area contributed by atoms with Crippen LogP contribution in [0.25, 0.3) is 0 Å². The van der Waals surface area contributed by atoms with E-state index in [2.05, 4.69) is 20.8 Å². The van der Waals surface area contributed by atoms with E-state index >= 15 is 0 Å². The molecule has 6 heteroatoms. The number of halogens is 4. The number of piperidine rings is 1. The largest absolute Gasteiger partial charge is 0.416 e. The quantitative estimate of drug-likeness (QED) is 0.776. The molecule has 1 heterocycles. The molecular weight excluding hydrogens is 371 g/mol. The lowest BCUT2D eigenvalue weighted by Gasteiger charge is -2.46. The second-order valence-corrected chi connectivity index (χ2v) is 8.22. The molecule has 1 aromatic rings. The predicted molar refractivity (Wildman–Crippen MR) is 88.1 cm³/mol. The van der Waals surface area contributed by atoms with Crippen LogP contribution < -0.4 is 0 Å². The maximum absolute atomic E-state index is 12.7. The van der Waals surface area contributed by atoms with E-state index < -0.39 is 17.3 Å². The van der Waals surface area contributed by atoms with E-state index in [0.717, 1.165) is 30.8 Å². The van der Waals surface area contributed by atoms with Gasteiger partial charge in [0.1, 0.15) is 0 Å². The van der Waals surface area contributed by atoms with Crippen LogP contribution in [0.2, 0.25) is 0 Å². The monoisotopic (exact) mass is 393 g/mol. The van der Waals surface area contributed by atoms with Gasteiger partial charge in [-0.3, -0.25) is 4.90 Å². The fourth-order valence-corrected chi connectivity index (χ4v) is 3.43. The maximum atomic E-state index is 12.7. The average Bonchev–Trinajstić information content (AvgIpc) is 2.41. The Morgan fingerprint density at radius 2 is 1.74 bits per heavy atom. The van der Waals surface area contributed by atoms with Crippen LogP contribution in [0.5, 0.6) is 0 Å². The van der Waals surface area contributed by atoms with Crippen LogP contribution in [0.1, 0.15) is 44.7 Å². The van der Waals surface area contributed by atoms with Gasteiger partial charge < -0.3 is 5.11 Å². The molecule has 130 valence electrons. The Kier molecular flexibility index (Phi) is 5.19. The van der Waals surface area contributed by atoms with Gasteiger partial charge in [0.15, 0.2) is 0 Å². The van der Waals surface area contributed by atoms with Crippen molar-refractivity contribution < 1.29 is 18.3 Å². The predicted octanol–water partition coefficient (Wildman–Crippen LogP) is 4.84. The zero-order valence-corrected chi connectivity index (χ0v) is 15.3. The molecule has 2 nitrogen and oxygen atoms in total. The molecule has 0 atom stereocenters. The van der Waals surface area contributed by atoms with Crippen LogP contribution in [0, 0.1) is 5.41 Å². The highest BCUT2D eigenvalue weighted by Gasteiger charge is 2.42. The van der Waals surface area contributed by atoms with Crippen LogP contribution >= 0.6 is 15.9 Å². The molecule has 0 amide bonds. The van der Waals surface area contributed by atoms with Crippen molar-refractivity contribution in [1.29, 1.82) is 0 Å². The minimum Gasteiger partial charge on any atom is -0.389 e. The Hall–Kier alpha value is -0.590. The molecule has 1 aliphatic rings. The molecule has 0 spiro atoms. The van der Waals surface area contributed by atoms with Crippen LogP contribution in [-0.2, 0) is 12.7 Å². The summed E-state index contributed by atoms with van der Waals surface area (Å²) in [5.74, 6) is 0. The highest BCUT2D eigenvalue weighted by molar-refractivity contribution is 9.10. The fraction of sp³-hybridized carbons (Fsp3) is 0.647. The van der Waals surface area contributed by atoms with Crippen molar-refractivity contribution in [2.75, 3.05) is 13.1 Å². The van der Waals surface area contributed by atoms with E-state index in [1.165, 1.54) is 6.07 Å². The Morgan fingerprint density at radius 1 is 1.17 bits per heavy atom. The molecule has 1 aliphatic heterocycles. The molecule has 0 saturated carbocycles. The first kappa shape index (κ1) is 18.7. The SMILES string of the molecule is CC(C)(C)C1(O)CCN(Cc2ccc(C(F)(F)F)cc2Br)CC1. The van der Waals surface area contributed by atoms with Gasteiger partial charge in [0, 0.05) is 24.1 Å². The summed E-state index contributed by atoms with van der Waals surface area (Å²) in [4.78, 5) is 2.17. The number of likely N-dealkylation sites (tertiary alicyclic amines) is 1. The van der Waals surface area contributed by atoms with Gasteiger partial charge in [0.05, 0.1) is 11.2 Å². The highest BCUT2D eigenvalue weighted by Crippen LogP contribution is 2.39. The van der Waals surface area contributed by atoms with Gasteiger partial charge in [0.25, 0.3) is 0 Å². The number of alkyl halides is 3. The molecule has 0 aromatic heterocycles. The summed E-state index contributed by atoms with van der Waals surface area (Å²) in [6.45, 7) is 8.17. The molecule has 1 saturated heterocycles. The van der Waals surface area contributed by atoms with E-state index in [1.54, 1.807) is 0 Å². The molecule has 0 unspecified atom stereocenters. The number of nitrogens with zero attached hydrogens (tertiary/aromatic N) is 1. The molecular formula is C17H23BrF3NO. The van der Waals surface area contributed by atoms with E-state index in [-0.39, 0.29) is 5.41 Å². The Bertz CT molecular complexity index is 558. The lowest BCUT2D eigenvalue weighted by Crippen LogP contribution is -2.51. The van der Waals surface area contributed by atoms with Crippen molar-refractivity contribution in [2.24, 2.45) is 5.41 Å². The zero-order chi connectivity index (χ0) is 17.5. The summed E-state index contributed by atoms with van der Waals surface area (Å²) in [6, 6.07) is 3.78. The molecule has 1 aromatic carbocycles. The minimum atomic E-state index is -4.32. The van der Waals surface area contributed by atoms with Crippen LogP contribution in [0.15, 0.2) is 22.7 Å². The van der Waals surface area contributed by atoms with Gasteiger partial charge in [0.2, 0.25) is 0 Å². The van der Waals surface area contributed by atoms with Crippen molar-refractivity contribution in [3.8, 4) is 0 Å². The van der Waals surface area contributed by atoms with Crippen molar-refractivity contribution in [3.63, 3.8) is 0 Å². The summed E-state index contributed by atoms with van der Waals surface area (Å²) in [7, 11) is 0. The van der Waals surface area contributed by atoms with E-state index in [4.69, 9.17) is 0 Å². The molecule has 23 heavy (non-hydrogen) atoms. The molecule has 1 fully saturated rings. The first-order valence-corrected chi connectivity index (χ1v) is 8.52. The van der Waals surface area contributed by atoms with Gasteiger partial charge in [-0.2, -0.15) is 13.2 Å². The third-order valence-electron chi connectivity index (χ3n) is 4.85. The van der Waals surface area contributed by atoms with Gasteiger partial charge in [-0.25, -0.2) is 0 Å². The van der Waals surface area contributed by atoms with Crippen LogP contribution in [0.4, 0.5) is 13.2 Å². The Labute approximate surface area is 143 Å². The maximum Gasteiger partial charge on any atom is 0.416 e. The Morgan fingerprint density at radius 3 is 2.17 bits per heavy atom. The number of rotatable bonds is 2. The van der Waals surface area contributed by atoms with Crippen molar-refractivity contribution in [1.82, 2.24) is 4.90 Å². The van der Waals surface area contributed by atoms with Crippen molar-refractivity contribution >= 4 is 15.9 Å². The molecule has 2 rings (SSSR count). The summed E-state index contributed by atoms with van der Waals surface area (Å²) in [5.41, 5.74) is -0.664. The normalized spacial score (nSPS) is 19.8. The molecule has 0 aliphatic carbocycles. The number of hydrogen-bond donors (Lipinski definition) is 1. The number of aliphatic hydroxyl groups is 1. The highest BCUT2D eigenvalue weighted by atomic mass is 79.9. The molecule has 0 radical (unpaired) electrons. The van der Waals surface area contributed by atoms with Gasteiger partial charge >= 0.3 is 6.18 Å². The van der Waals surface area contributed by atoms with Crippen LogP contribution in [-0.4, -0.2) is 28.7 Å². The third-order valence-corrected chi connectivity index (χ3v) is 5.59. The van der Waals surface area contributed by atoms with E-state index in [9.17, 15) is 18.3 Å². The zero-order valence-electron chi connectivity index (χ0n) is 13.7. The van der Waals surface area contributed by atoms with E-state index in [0.29, 0.717) is 23.9 Å². The summed E-state index contributed by atoms with van der Waals surface area (Å²) < 4.78 is 38.6. The fourth-order valence-electron chi connectivity index (χ4n) is 2.92. The van der Waals surface area contributed by atoms with Crippen molar-refractivity contribution in [2.45, 2.75) is 51.9 Å². The van der Waals surface area contributed by atoms with Gasteiger partial charge in [-0.1, -0.05) is 42.8 Å². The standard InChI is InChI=1S/C17H23BrF3NO/c1-15(2,3)16(23)6-8-22(9-7-16)11-12-4-5-13(10-14(12)18)17(19,20)21/h4-5,10,23H,6-9,11H2,1-3H3. The minimum absolute atomic E-state index is 0.173. The molecule has 1 N–H and O–H groups in total. The van der Waals surface area contributed by atoms with Crippen LogP contribution in [0.3, 0.4) is 0 Å². The topological polar surface area (TPSA) is 23.5 Å². The van der Waals surface area contributed by atoms with Gasteiger partial charge in [-0.15, -0.1) is 0 Å². The summed E-state index contributed by atoms with van der Waals surface area (Å²) >= 11 is 3.24. The molecule has 0 bridgehead atoms. The van der Waals surface area contributed by atoms with Crippen molar-refractivity contribution in [3.05, 3.63) is 33.8 Å². The lowest BCUT2D eigenvalue weighted by molar-refractivity contribution is -0.137. The lowest BCUT2D eigenvalue weighted by atomic mass is 9.71. The van der Waals surface area contributed by atoms with Gasteiger partial charge in [-0.05, 0) is 36.0 Å². The first-order valence-electron chi connectivity index (χ1n) is 7.73. The Balaban J connectivity index is 2.02. The smallest absolute Gasteiger partial charge is 0.389 e. The second kappa shape index (κ2) is 6.37. The second-order valence-electron chi connectivity index (χ2n) is 7.36. The third kappa shape index (κ3) is 4.28. The number of hydrogen-bond acceptors (Lipinski definition) is 2. The summed E-state index contributed by atoms with van der Waals surface area (Å²) in [6.07, 6.45) is -2.97. The summed E-state index contributed by atoms with van der Waals surface area (Å²) in [5, 5.41) is 10.7. The first-order chi connectivity index (χ1) is 10.4. The average molecular weight is 394 g/mol. The number of benzene rings is 1. The van der Waals surface area contributed by atoms with E-state index in [1.807, 2.05) is 20.8 Å².